The molecule has 0 unspecified atom stereocenters. The minimum absolute atomic E-state index is 0.527. The molecule has 7 nitrogen and oxygen atoms in total. The first-order chi connectivity index (χ1) is 25.3. The standard InChI is InChI=1S/C45H35N7/c46-39-14-4-10-29(24-39)33-18-34(30-11-5-15-40(47)25-30)21-37(20-33)44-50-43(28-8-2-1-3-9-28)51-45(52-44)38-22-35(31-12-6-16-41(48)26-31)19-36(23-38)32-13-7-17-42(49)27-32/h1-27H,46-49H2. The number of hydrogen-bond acceptors (Lipinski definition) is 7. The molecule has 1 aromatic heterocycles. The summed E-state index contributed by atoms with van der Waals surface area (Å²) in [6.45, 7) is 0. The van der Waals surface area contributed by atoms with E-state index in [-0.39, 0.29) is 0 Å². The van der Waals surface area contributed by atoms with E-state index in [2.05, 4.69) is 36.4 Å². The summed E-state index contributed by atoms with van der Waals surface area (Å²) in [5, 5.41) is 0. The maximum absolute atomic E-state index is 6.24. The highest BCUT2D eigenvalue weighted by molar-refractivity contribution is 5.84. The van der Waals surface area contributed by atoms with Gasteiger partial charge < -0.3 is 22.9 Å². The SMILES string of the molecule is Nc1cccc(-c2cc(-c3cccc(N)c3)cc(-c3nc(-c4ccccc4)nc(-c4cc(-c5cccc(N)c5)cc(-c5cccc(N)c5)c4)n3)c2)c1. The number of nitrogens with zero attached hydrogens (tertiary/aromatic N) is 3. The highest BCUT2D eigenvalue weighted by Gasteiger charge is 2.17. The fourth-order valence-corrected chi connectivity index (χ4v) is 6.40. The van der Waals surface area contributed by atoms with Gasteiger partial charge in [0.1, 0.15) is 0 Å². The average Bonchev–Trinajstić information content (AvgIpc) is 3.18. The second-order valence-corrected chi connectivity index (χ2v) is 12.8. The van der Waals surface area contributed by atoms with Gasteiger partial charge in [0.05, 0.1) is 0 Å². The molecule has 0 radical (unpaired) electrons. The van der Waals surface area contributed by atoms with Gasteiger partial charge in [0, 0.05) is 39.4 Å². The molecule has 0 atom stereocenters. The smallest absolute Gasteiger partial charge is 0.164 e. The summed E-state index contributed by atoms with van der Waals surface area (Å²) < 4.78 is 0. The summed E-state index contributed by atoms with van der Waals surface area (Å²) >= 11 is 0. The maximum atomic E-state index is 6.24. The van der Waals surface area contributed by atoms with Gasteiger partial charge in [-0.25, -0.2) is 15.0 Å². The van der Waals surface area contributed by atoms with Gasteiger partial charge in [0.2, 0.25) is 0 Å². The highest BCUT2D eigenvalue weighted by Crippen LogP contribution is 2.37. The molecule has 0 aliphatic carbocycles. The molecule has 0 fully saturated rings. The van der Waals surface area contributed by atoms with Gasteiger partial charge in [0.15, 0.2) is 17.5 Å². The van der Waals surface area contributed by atoms with Crippen molar-refractivity contribution in [3.8, 4) is 78.7 Å². The summed E-state index contributed by atoms with van der Waals surface area (Å²) in [6.07, 6.45) is 0. The Bertz CT molecular complexity index is 2300. The van der Waals surface area contributed by atoms with E-state index in [9.17, 15) is 0 Å². The lowest BCUT2D eigenvalue weighted by atomic mass is 9.94. The van der Waals surface area contributed by atoms with Crippen molar-refractivity contribution < 1.29 is 0 Å². The predicted molar refractivity (Wildman–Crippen MR) is 216 cm³/mol. The molecule has 52 heavy (non-hydrogen) atoms. The molecule has 8 rings (SSSR count). The van der Waals surface area contributed by atoms with Crippen LogP contribution in [0.4, 0.5) is 22.7 Å². The molecule has 0 aliphatic heterocycles. The fraction of sp³-hybridized carbons (Fsp3) is 0. The zero-order valence-corrected chi connectivity index (χ0v) is 28.2. The largest absolute Gasteiger partial charge is 0.399 e. The fourth-order valence-electron chi connectivity index (χ4n) is 6.40. The number of anilines is 4. The Morgan fingerprint density at radius 1 is 0.231 bits per heavy atom. The summed E-state index contributed by atoms with van der Waals surface area (Å²) in [7, 11) is 0. The van der Waals surface area contributed by atoms with Crippen molar-refractivity contribution in [1.82, 2.24) is 15.0 Å². The molecular formula is C45H35N7. The third kappa shape index (κ3) is 6.79. The Morgan fingerprint density at radius 2 is 0.500 bits per heavy atom. The van der Waals surface area contributed by atoms with Crippen molar-refractivity contribution in [3.63, 3.8) is 0 Å². The highest BCUT2D eigenvalue weighted by atomic mass is 15.0. The Kier molecular flexibility index (Phi) is 8.35. The van der Waals surface area contributed by atoms with Gasteiger partial charge in [-0.15, -0.1) is 0 Å². The quantitative estimate of drug-likeness (QED) is 0.123. The van der Waals surface area contributed by atoms with Crippen LogP contribution in [0, 0.1) is 0 Å². The van der Waals surface area contributed by atoms with Crippen molar-refractivity contribution in [2.75, 3.05) is 22.9 Å². The molecule has 7 aromatic carbocycles. The van der Waals surface area contributed by atoms with Crippen LogP contribution in [-0.2, 0) is 0 Å². The zero-order chi connectivity index (χ0) is 35.6. The summed E-state index contributed by atoms with van der Waals surface area (Å²) in [4.78, 5) is 15.4. The lowest BCUT2D eigenvalue weighted by molar-refractivity contribution is 1.07. The van der Waals surface area contributed by atoms with E-state index in [0.29, 0.717) is 40.2 Å². The lowest BCUT2D eigenvalue weighted by Crippen LogP contribution is -2.01. The van der Waals surface area contributed by atoms with Gasteiger partial charge in [0.25, 0.3) is 0 Å². The van der Waals surface area contributed by atoms with Crippen LogP contribution in [0.3, 0.4) is 0 Å². The predicted octanol–water partition coefficient (Wildman–Crippen LogP) is 9.87. The Morgan fingerprint density at radius 3 is 0.808 bits per heavy atom. The van der Waals surface area contributed by atoms with E-state index in [0.717, 1.165) is 61.2 Å². The molecule has 0 aliphatic rings. The van der Waals surface area contributed by atoms with Gasteiger partial charge in [-0.05, 0) is 129 Å². The molecule has 0 bridgehead atoms. The van der Waals surface area contributed by atoms with Gasteiger partial charge in [-0.2, -0.15) is 0 Å². The van der Waals surface area contributed by atoms with Crippen LogP contribution in [-0.4, -0.2) is 15.0 Å². The number of hydrogen-bond donors (Lipinski definition) is 4. The van der Waals surface area contributed by atoms with Crippen LogP contribution in [0.25, 0.3) is 78.7 Å². The number of aromatic nitrogens is 3. The topological polar surface area (TPSA) is 143 Å². The molecule has 8 N–H and O–H groups in total. The zero-order valence-electron chi connectivity index (χ0n) is 28.2. The Hall–Kier alpha value is -7.25. The van der Waals surface area contributed by atoms with Crippen molar-refractivity contribution in [2.45, 2.75) is 0 Å². The first kappa shape index (κ1) is 32.0. The normalized spacial score (nSPS) is 11.0. The third-order valence-electron chi connectivity index (χ3n) is 8.93. The molecular weight excluding hydrogens is 639 g/mol. The number of rotatable bonds is 7. The van der Waals surface area contributed by atoms with Gasteiger partial charge >= 0.3 is 0 Å². The second kappa shape index (κ2) is 13.6. The first-order valence-electron chi connectivity index (χ1n) is 16.9. The summed E-state index contributed by atoms with van der Waals surface area (Å²) in [6, 6.07) is 54.0. The molecule has 0 amide bonds. The third-order valence-corrected chi connectivity index (χ3v) is 8.93. The lowest BCUT2D eigenvalue weighted by Gasteiger charge is -2.14. The molecule has 0 saturated heterocycles. The summed E-state index contributed by atoms with van der Waals surface area (Å²) in [5.74, 6) is 1.61. The van der Waals surface area contributed by atoms with E-state index < -0.39 is 0 Å². The number of nitrogens with two attached hydrogens (primary N) is 4. The van der Waals surface area contributed by atoms with Gasteiger partial charge in [-0.3, -0.25) is 0 Å². The van der Waals surface area contributed by atoms with Crippen LogP contribution in [0.1, 0.15) is 0 Å². The maximum Gasteiger partial charge on any atom is 0.164 e. The molecule has 1 heterocycles. The van der Waals surface area contributed by atoms with E-state index >= 15 is 0 Å². The van der Waals surface area contributed by atoms with E-state index in [1.165, 1.54) is 0 Å². The van der Waals surface area contributed by atoms with Crippen LogP contribution in [0.5, 0.6) is 0 Å². The van der Waals surface area contributed by atoms with Crippen LogP contribution in [0.2, 0.25) is 0 Å². The van der Waals surface area contributed by atoms with Crippen molar-refractivity contribution in [3.05, 3.63) is 164 Å². The van der Waals surface area contributed by atoms with E-state index in [1.54, 1.807) is 0 Å². The monoisotopic (exact) mass is 673 g/mol. The minimum atomic E-state index is 0.527. The molecule has 7 heteroatoms. The minimum Gasteiger partial charge on any atom is -0.399 e. The second-order valence-electron chi connectivity index (χ2n) is 12.8. The van der Waals surface area contributed by atoms with Crippen molar-refractivity contribution in [2.24, 2.45) is 0 Å². The van der Waals surface area contributed by atoms with E-state index in [1.807, 2.05) is 127 Å². The number of benzene rings is 7. The Labute approximate surface area is 302 Å². The van der Waals surface area contributed by atoms with Gasteiger partial charge in [-0.1, -0.05) is 78.9 Å². The molecule has 250 valence electrons. The first-order valence-corrected chi connectivity index (χ1v) is 16.9. The Balaban J connectivity index is 1.37. The molecule has 0 spiro atoms. The molecule has 0 saturated carbocycles. The van der Waals surface area contributed by atoms with Crippen molar-refractivity contribution in [1.29, 1.82) is 0 Å². The van der Waals surface area contributed by atoms with E-state index in [4.69, 9.17) is 37.9 Å². The average molecular weight is 674 g/mol. The molecule has 8 aromatic rings. The number of nitrogen functional groups attached to an aromatic ring is 4. The van der Waals surface area contributed by atoms with Crippen LogP contribution in [0.15, 0.2) is 164 Å². The summed E-state index contributed by atoms with van der Waals surface area (Å²) in [5.41, 5.74) is 38.0. The van der Waals surface area contributed by atoms with Crippen LogP contribution < -0.4 is 22.9 Å². The van der Waals surface area contributed by atoms with Crippen LogP contribution >= 0.6 is 0 Å². The van der Waals surface area contributed by atoms with Crippen molar-refractivity contribution >= 4 is 22.7 Å².